The van der Waals surface area contributed by atoms with E-state index in [1.54, 1.807) is 6.92 Å². The highest BCUT2D eigenvalue weighted by Gasteiger charge is 2.40. The quantitative estimate of drug-likeness (QED) is 0.427. The van der Waals surface area contributed by atoms with Crippen LogP contribution in [0.4, 0.5) is 0 Å². The first-order valence-electron chi connectivity index (χ1n) is 5.76. The van der Waals surface area contributed by atoms with Crippen molar-refractivity contribution >= 4 is 17.7 Å². The van der Waals surface area contributed by atoms with E-state index in [4.69, 9.17) is 16.6 Å². The molecular weight excluding hydrogens is 236 g/mol. The number of aliphatic carboxylic acids is 1. The Morgan fingerprint density at radius 2 is 1.83 bits per heavy atom. The van der Waals surface area contributed by atoms with Gasteiger partial charge in [-0.2, -0.15) is 0 Å². The Kier molecular flexibility index (Phi) is 6.26. The maximum Gasteiger partial charge on any atom is 0.331 e. The Bertz CT molecular complexity index is 376. The SMILES string of the molecule is CCCC(C)=CC(=O)C(N)(CCC(N)=O)C(=O)O. The van der Waals surface area contributed by atoms with E-state index in [9.17, 15) is 14.4 Å². The van der Waals surface area contributed by atoms with Crippen LogP contribution in [0.25, 0.3) is 0 Å². The third-order valence-corrected chi connectivity index (χ3v) is 2.61. The molecule has 6 nitrogen and oxygen atoms in total. The van der Waals surface area contributed by atoms with Gasteiger partial charge < -0.3 is 16.6 Å². The number of amides is 1. The second kappa shape index (κ2) is 6.90. The zero-order valence-electron chi connectivity index (χ0n) is 10.7. The van der Waals surface area contributed by atoms with Gasteiger partial charge in [0.05, 0.1) is 0 Å². The number of ketones is 1. The zero-order valence-corrected chi connectivity index (χ0v) is 10.7. The summed E-state index contributed by atoms with van der Waals surface area (Å²) < 4.78 is 0. The number of carbonyl (C=O) groups is 3. The summed E-state index contributed by atoms with van der Waals surface area (Å²) in [6.07, 6.45) is 2.24. The number of hydrogen-bond acceptors (Lipinski definition) is 4. The summed E-state index contributed by atoms with van der Waals surface area (Å²) in [7, 11) is 0. The minimum atomic E-state index is -2.08. The Balaban J connectivity index is 4.99. The largest absolute Gasteiger partial charge is 0.480 e. The molecule has 0 aliphatic heterocycles. The lowest BCUT2D eigenvalue weighted by Gasteiger charge is -2.21. The van der Waals surface area contributed by atoms with Crippen LogP contribution >= 0.6 is 0 Å². The minimum absolute atomic E-state index is 0.241. The fourth-order valence-electron chi connectivity index (χ4n) is 1.47. The summed E-state index contributed by atoms with van der Waals surface area (Å²) in [5, 5.41) is 9.03. The smallest absolute Gasteiger partial charge is 0.331 e. The van der Waals surface area contributed by atoms with Gasteiger partial charge in [-0.05, 0) is 25.8 Å². The molecule has 0 aliphatic carbocycles. The molecule has 0 aliphatic rings. The zero-order chi connectivity index (χ0) is 14.3. The highest BCUT2D eigenvalue weighted by atomic mass is 16.4. The van der Waals surface area contributed by atoms with Gasteiger partial charge in [-0.25, -0.2) is 4.79 Å². The molecule has 102 valence electrons. The third-order valence-electron chi connectivity index (χ3n) is 2.61. The first kappa shape index (κ1) is 16.3. The fraction of sp³-hybridized carbons (Fsp3) is 0.583. The average Bonchev–Trinajstić information content (AvgIpc) is 2.25. The molecule has 18 heavy (non-hydrogen) atoms. The molecule has 0 aromatic rings. The van der Waals surface area contributed by atoms with Gasteiger partial charge in [-0.1, -0.05) is 18.9 Å². The lowest BCUT2D eigenvalue weighted by molar-refractivity contribution is -0.147. The Morgan fingerprint density at radius 3 is 2.22 bits per heavy atom. The topological polar surface area (TPSA) is 123 Å². The van der Waals surface area contributed by atoms with Crippen molar-refractivity contribution in [3.05, 3.63) is 11.6 Å². The molecule has 1 atom stereocenters. The van der Waals surface area contributed by atoms with Crippen LogP contribution in [0.1, 0.15) is 39.5 Å². The van der Waals surface area contributed by atoms with Crippen LogP contribution in [0.2, 0.25) is 0 Å². The molecule has 1 unspecified atom stereocenters. The van der Waals surface area contributed by atoms with Crippen LogP contribution in [0.3, 0.4) is 0 Å². The highest BCUT2D eigenvalue weighted by Crippen LogP contribution is 2.15. The molecule has 0 bridgehead atoms. The lowest BCUT2D eigenvalue weighted by atomic mass is 9.88. The van der Waals surface area contributed by atoms with Gasteiger partial charge in [-0.15, -0.1) is 0 Å². The molecule has 0 rings (SSSR count). The predicted octanol–water partition coefficient (Wildman–Crippen LogP) is 0.350. The lowest BCUT2D eigenvalue weighted by Crippen LogP contribution is -2.54. The van der Waals surface area contributed by atoms with E-state index in [1.165, 1.54) is 6.08 Å². The van der Waals surface area contributed by atoms with E-state index in [0.29, 0.717) is 6.42 Å². The molecule has 0 aromatic carbocycles. The van der Waals surface area contributed by atoms with Crippen molar-refractivity contribution in [3.63, 3.8) is 0 Å². The van der Waals surface area contributed by atoms with Gasteiger partial charge in [0.25, 0.3) is 0 Å². The van der Waals surface area contributed by atoms with Crippen molar-refractivity contribution in [2.75, 3.05) is 0 Å². The molecule has 1 amide bonds. The Hall–Kier alpha value is -1.69. The van der Waals surface area contributed by atoms with Gasteiger partial charge in [0, 0.05) is 6.42 Å². The highest BCUT2D eigenvalue weighted by molar-refractivity contribution is 6.13. The third kappa shape index (κ3) is 4.67. The molecule has 0 heterocycles. The summed E-state index contributed by atoms with van der Waals surface area (Å²) in [6, 6.07) is 0. The molecular formula is C12H20N2O4. The molecule has 0 aromatic heterocycles. The fourth-order valence-corrected chi connectivity index (χ4v) is 1.47. The van der Waals surface area contributed by atoms with Gasteiger partial charge in [-0.3, -0.25) is 9.59 Å². The van der Waals surface area contributed by atoms with E-state index in [2.05, 4.69) is 0 Å². The first-order chi connectivity index (χ1) is 8.24. The van der Waals surface area contributed by atoms with E-state index < -0.39 is 23.2 Å². The van der Waals surface area contributed by atoms with Crippen LogP contribution in [-0.2, 0) is 14.4 Å². The first-order valence-corrected chi connectivity index (χ1v) is 5.76. The van der Waals surface area contributed by atoms with Crippen molar-refractivity contribution in [2.45, 2.75) is 45.1 Å². The number of carboxylic acid groups (broad SMARTS) is 1. The molecule has 0 fully saturated rings. The monoisotopic (exact) mass is 256 g/mol. The normalized spacial score (nSPS) is 14.9. The van der Waals surface area contributed by atoms with Gasteiger partial charge >= 0.3 is 5.97 Å². The number of primary amides is 1. The molecule has 5 N–H and O–H groups in total. The van der Waals surface area contributed by atoms with Crippen LogP contribution in [0.5, 0.6) is 0 Å². The van der Waals surface area contributed by atoms with E-state index >= 15 is 0 Å². The summed E-state index contributed by atoms with van der Waals surface area (Å²) in [6.45, 7) is 3.68. The second-order valence-corrected chi connectivity index (χ2v) is 4.35. The summed E-state index contributed by atoms with van der Waals surface area (Å²) in [5.41, 5.74) is 9.19. The Morgan fingerprint density at radius 1 is 1.28 bits per heavy atom. The summed E-state index contributed by atoms with van der Waals surface area (Å²) in [4.78, 5) is 33.6. The maximum absolute atomic E-state index is 11.9. The minimum Gasteiger partial charge on any atom is -0.480 e. The van der Waals surface area contributed by atoms with E-state index in [1.807, 2.05) is 6.92 Å². The van der Waals surface area contributed by atoms with Crippen molar-refractivity contribution in [2.24, 2.45) is 11.5 Å². The van der Waals surface area contributed by atoms with Crippen molar-refractivity contribution < 1.29 is 19.5 Å². The van der Waals surface area contributed by atoms with Crippen LogP contribution in [0.15, 0.2) is 11.6 Å². The van der Waals surface area contributed by atoms with E-state index in [-0.39, 0.29) is 12.8 Å². The predicted molar refractivity (Wildman–Crippen MR) is 66.7 cm³/mol. The van der Waals surface area contributed by atoms with Crippen LogP contribution in [0, 0.1) is 0 Å². The second-order valence-electron chi connectivity index (χ2n) is 4.35. The molecule has 0 radical (unpaired) electrons. The Labute approximate surface area is 106 Å². The van der Waals surface area contributed by atoms with Crippen LogP contribution < -0.4 is 11.5 Å². The van der Waals surface area contributed by atoms with Crippen molar-refractivity contribution in [3.8, 4) is 0 Å². The standard InChI is InChI=1S/C12H20N2O4/c1-3-4-8(2)7-9(15)12(14,11(17)18)6-5-10(13)16/h7H,3-6,14H2,1-2H3,(H2,13,16)(H,17,18). The molecule has 0 spiro atoms. The molecule has 0 saturated carbocycles. The number of rotatable bonds is 8. The van der Waals surface area contributed by atoms with Crippen molar-refractivity contribution in [1.29, 1.82) is 0 Å². The van der Waals surface area contributed by atoms with Crippen LogP contribution in [-0.4, -0.2) is 28.3 Å². The number of hydrogen-bond donors (Lipinski definition) is 3. The summed E-state index contributed by atoms with van der Waals surface area (Å²) >= 11 is 0. The number of nitrogens with two attached hydrogens (primary N) is 2. The molecule has 0 saturated heterocycles. The molecule has 6 heteroatoms. The number of carbonyl (C=O) groups excluding carboxylic acids is 2. The maximum atomic E-state index is 11.9. The van der Waals surface area contributed by atoms with Gasteiger partial charge in [0.15, 0.2) is 11.3 Å². The van der Waals surface area contributed by atoms with E-state index in [0.717, 1.165) is 12.0 Å². The number of carboxylic acids is 1. The summed E-state index contributed by atoms with van der Waals surface area (Å²) in [5.74, 6) is -2.84. The number of allylic oxidation sites excluding steroid dienone is 1. The van der Waals surface area contributed by atoms with Gasteiger partial charge in [0.2, 0.25) is 5.91 Å². The van der Waals surface area contributed by atoms with Gasteiger partial charge in [0.1, 0.15) is 0 Å². The average molecular weight is 256 g/mol. The van der Waals surface area contributed by atoms with Crippen molar-refractivity contribution in [1.82, 2.24) is 0 Å².